The summed E-state index contributed by atoms with van der Waals surface area (Å²) in [6.45, 7) is 4.93. The fourth-order valence-corrected chi connectivity index (χ4v) is 2.32. The molecule has 1 fully saturated rings. The molecule has 3 N–H and O–H groups in total. The van der Waals surface area contributed by atoms with Gasteiger partial charge in [0.2, 0.25) is 0 Å². The van der Waals surface area contributed by atoms with Crippen LogP contribution in [0.4, 0.5) is 0 Å². The van der Waals surface area contributed by atoms with Gasteiger partial charge in [-0.3, -0.25) is 0 Å². The molecule has 4 unspecified atom stereocenters. The molecule has 1 rings (SSSR count). The fourth-order valence-electron chi connectivity index (χ4n) is 2.32. The van der Waals surface area contributed by atoms with E-state index in [-0.39, 0.29) is 6.61 Å². The van der Waals surface area contributed by atoms with E-state index >= 15 is 0 Å². The summed E-state index contributed by atoms with van der Waals surface area (Å²) in [7, 11) is 0. The molecule has 0 aliphatic heterocycles. The maximum absolute atomic E-state index is 9.21. The van der Waals surface area contributed by atoms with Crippen molar-refractivity contribution in [2.75, 3.05) is 13.2 Å². The van der Waals surface area contributed by atoms with Gasteiger partial charge in [-0.25, -0.2) is 0 Å². The first-order valence-electron chi connectivity index (χ1n) is 5.65. The quantitative estimate of drug-likeness (QED) is 0.629. The fraction of sp³-hybridized carbons (Fsp3) is 1.00. The van der Waals surface area contributed by atoms with Gasteiger partial charge < -0.3 is 15.5 Å². The highest BCUT2D eigenvalue weighted by Crippen LogP contribution is 2.28. The molecule has 14 heavy (non-hydrogen) atoms. The molecule has 1 aliphatic rings. The molecule has 1 aliphatic carbocycles. The predicted molar refractivity (Wildman–Crippen MR) is 57.1 cm³/mol. The minimum absolute atomic E-state index is 0.148. The molecule has 3 heteroatoms. The van der Waals surface area contributed by atoms with Crippen LogP contribution in [-0.4, -0.2) is 35.5 Å². The summed E-state index contributed by atoms with van der Waals surface area (Å²) in [5.74, 6) is 1.52. The molecule has 1 saturated carbocycles. The van der Waals surface area contributed by atoms with E-state index in [9.17, 15) is 5.11 Å². The molecular weight excluding hydrogens is 178 g/mol. The van der Waals surface area contributed by atoms with Gasteiger partial charge in [0.05, 0.1) is 12.7 Å². The van der Waals surface area contributed by atoms with E-state index in [1.807, 2.05) is 0 Å². The van der Waals surface area contributed by atoms with Crippen LogP contribution in [0.1, 0.15) is 33.1 Å². The normalized spacial score (nSPS) is 35.6. The Labute approximate surface area is 86.5 Å². The lowest BCUT2D eigenvalue weighted by Crippen LogP contribution is -2.43. The highest BCUT2D eigenvalue weighted by Gasteiger charge is 2.24. The molecule has 0 saturated heterocycles. The van der Waals surface area contributed by atoms with Crippen molar-refractivity contribution in [3.63, 3.8) is 0 Å². The van der Waals surface area contributed by atoms with E-state index in [1.54, 1.807) is 0 Å². The first-order chi connectivity index (χ1) is 6.63. The summed E-state index contributed by atoms with van der Waals surface area (Å²) in [5, 5.41) is 21.2. The Balaban J connectivity index is 2.24. The zero-order chi connectivity index (χ0) is 10.6. The van der Waals surface area contributed by atoms with Crippen LogP contribution >= 0.6 is 0 Å². The maximum atomic E-state index is 9.21. The Kier molecular flexibility index (Phi) is 4.85. The lowest BCUT2D eigenvalue weighted by molar-refractivity contribution is 0.0859. The average Bonchev–Trinajstić information content (AvgIpc) is 2.16. The summed E-state index contributed by atoms with van der Waals surface area (Å²) in [5.41, 5.74) is 0. The van der Waals surface area contributed by atoms with Crippen molar-refractivity contribution in [1.29, 1.82) is 0 Å². The van der Waals surface area contributed by atoms with E-state index in [1.165, 1.54) is 19.3 Å². The lowest BCUT2D eigenvalue weighted by atomic mass is 9.80. The molecule has 0 amide bonds. The minimum atomic E-state index is -0.610. The number of nitrogens with one attached hydrogen (secondary N) is 1. The SMILES string of the molecule is CC1CCC(NCC(O)CO)C(C)C1. The van der Waals surface area contributed by atoms with E-state index < -0.39 is 6.10 Å². The van der Waals surface area contributed by atoms with Gasteiger partial charge in [-0.05, 0) is 31.1 Å². The monoisotopic (exact) mass is 201 g/mol. The molecular formula is C11H23NO2. The van der Waals surface area contributed by atoms with E-state index in [0.29, 0.717) is 18.5 Å². The van der Waals surface area contributed by atoms with Crippen LogP contribution in [0.15, 0.2) is 0 Å². The molecule has 0 aromatic heterocycles. The summed E-state index contributed by atoms with van der Waals surface area (Å²) in [4.78, 5) is 0. The molecule has 3 nitrogen and oxygen atoms in total. The van der Waals surface area contributed by atoms with Crippen molar-refractivity contribution in [2.24, 2.45) is 11.8 Å². The van der Waals surface area contributed by atoms with Gasteiger partial charge in [-0.2, -0.15) is 0 Å². The minimum Gasteiger partial charge on any atom is -0.394 e. The molecule has 0 aromatic carbocycles. The van der Waals surface area contributed by atoms with Gasteiger partial charge in [0, 0.05) is 12.6 Å². The summed E-state index contributed by atoms with van der Waals surface area (Å²) in [6, 6.07) is 0.521. The Morgan fingerprint density at radius 1 is 1.36 bits per heavy atom. The molecule has 0 spiro atoms. The van der Waals surface area contributed by atoms with Crippen molar-refractivity contribution in [3.05, 3.63) is 0 Å². The molecule has 0 bridgehead atoms. The zero-order valence-electron chi connectivity index (χ0n) is 9.24. The predicted octanol–water partition coefficient (Wildman–Crippen LogP) is 0.754. The van der Waals surface area contributed by atoms with Gasteiger partial charge in [0.1, 0.15) is 0 Å². The zero-order valence-corrected chi connectivity index (χ0v) is 9.24. The van der Waals surface area contributed by atoms with Gasteiger partial charge in [0.25, 0.3) is 0 Å². The van der Waals surface area contributed by atoms with E-state index in [4.69, 9.17) is 5.11 Å². The first-order valence-corrected chi connectivity index (χ1v) is 5.65. The van der Waals surface area contributed by atoms with Gasteiger partial charge in [0.15, 0.2) is 0 Å². The number of hydrogen-bond acceptors (Lipinski definition) is 3. The summed E-state index contributed by atoms with van der Waals surface area (Å²) >= 11 is 0. The second-order valence-corrected chi connectivity index (χ2v) is 4.75. The maximum Gasteiger partial charge on any atom is 0.0895 e. The number of aliphatic hydroxyl groups excluding tert-OH is 2. The van der Waals surface area contributed by atoms with Crippen LogP contribution in [0.2, 0.25) is 0 Å². The standard InChI is InChI=1S/C11H23NO2/c1-8-3-4-11(9(2)5-8)12-6-10(14)7-13/h8-14H,3-7H2,1-2H3. The molecule has 0 aromatic rings. The number of aliphatic hydroxyl groups is 2. The van der Waals surface area contributed by atoms with Gasteiger partial charge in [-0.1, -0.05) is 13.8 Å². The largest absolute Gasteiger partial charge is 0.394 e. The first kappa shape index (κ1) is 12.0. The second kappa shape index (κ2) is 5.69. The Morgan fingerprint density at radius 2 is 2.07 bits per heavy atom. The van der Waals surface area contributed by atoms with Gasteiger partial charge in [-0.15, -0.1) is 0 Å². The third-order valence-corrected chi connectivity index (χ3v) is 3.26. The van der Waals surface area contributed by atoms with Crippen LogP contribution in [0.25, 0.3) is 0 Å². The Bertz CT molecular complexity index is 163. The van der Waals surface area contributed by atoms with Crippen LogP contribution in [0, 0.1) is 11.8 Å². The number of rotatable bonds is 4. The Morgan fingerprint density at radius 3 is 2.64 bits per heavy atom. The smallest absolute Gasteiger partial charge is 0.0895 e. The molecule has 0 radical (unpaired) electrons. The third-order valence-electron chi connectivity index (χ3n) is 3.26. The van der Waals surface area contributed by atoms with Crippen molar-refractivity contribution >= 4 is 0 Å². The second-order valence-electron chi connectivity index (χ2n) is 4.75. The third kappa shape index (κ3) is 3.56. The van der Waals surface area contributed by atoms with Crippen molar-refractivity contribution in [1.82, 2.24) is 5.32 Å². The van der Waals surface area contributed by atoms with Crippen LogP contribution in [0.5, 0.6) is 0 Å². The summed E-state index contributed by atoms with van der Waals surface area (Å²) < 4.78 is 0. The van der Waals surface area contributed by atoms with Crippen molar-refractivity contribution < 1.29 is 10.2 Å². The highest BCUT2D eigenvalue weighted by molar-refractivity contribution is 4.81. The lowest BCUT2D eigenvalue weighted by Gasteiger charge is -2.33. The van der Waals surface area contributed by atoms with Crippen LogP contribution in [0.3, 0.4) is 0 Å². The summed E-state index contributed by atoms with van der Waals surface area (Å²) in [6.07, 6.45) is 3.13. The van der Waals surface area contributed by atoms with Crippen LogP contribution < -0.4 is 5.32 Å². The average molecular weight is 201 g/mol. The Hall–Kier alpha value is -0.120. The van der Waals surface area contributed by atoms with E-state index in [2.05, 4.69) is 19.2 Å². The molecule has 4 atom stereocenters. The topological polar surface area (TPSA) is 52.5 Å². The van der Waals surface area contributed by atoms with E-state index in [0.717, 1.165) is 5.92 Å². The molecule has 0 heterocycles. The number of hydrogen-bond donors (Lipinski definition) is 3. The van der Waals surface area contributed by atoms with Crippen LogP contribution in [-0.2, 0) is 0 Å². The molecule has 84 valence electrons. The highest BCUT2D eigenvalue weighted by atomic mass is 16.3. The van der Waals surface area contributed by atoms with Crippen molar-refractivity contribution in [3.8, 4) is 0 Å². The van der Waals surface area contributed by atoms with Crippen molar-refractivity contribution in [2.45, 2.75) is 45.3 Å². The van der Waals surface area contributed by atoms with Gasteiger partial charge >= 0.3 is 0 Å².